The second kappa shape index (κ2) is 10.8. The summed E-state index contributed by atoms with van der Waals surface area (Å²) in [6.45, 7) is 1.33. The van der Waals surface area contributed by atoms with Crippen molar-refractivity contribution in [2.24, 2.45) is 0 Å². The zero-order chi connectivity index (χ0) is 25.0. The van der Waals surface area contributed by atoms with Gasteiger partial charge in [-0.2, -0.15) is 8.42 Å². The first-order valence-electron chi connectivity index (χ1n) is 12.0. The maximum Gasteiger partial charge on any atom is 0.274 e. The summed E-state index contributed by atoms with van der Waals surface area (Å²) < 4.78 is 55.1. The van der Waals surface area contributed by atoms with Crippen molar-refractivity contribution in [3.8, 4) is 11.5 Å². The molecule has 7 nitrogen and oxygen atoms in total. The van der Waals surface area contributed by atoms with Crippen molar-refractivity contribution in [1.82, 2.24) is 0 Å². The third kappa shape index (κ3) is 5.71. The van der Waals surface area contributed by atoms with Crippen LogP contribution in [0.4, 0.5) is 0 Å². The van der Waals surface area contributed by atoms with Gasteiger partial charge in [-0.1, -0.05) is 30.3 Å². The van der Waals surface area contributed by atoms with Gasteiger partial charge in [0.05, 0.1) is 19.5 Å². The normalized spacial score (nSPS) is 22.6. The molecule has 0 saturated carbocycles. The van der Waals surface area contributed by atoms with E-state index >= 15 is 0 Å². The summed E-state index contributed by atoms with van der Waals surface area (Å²) in [5.74, 6) is 1.19. The minimum absolute atomic E-state index is 0.319. The van der Waals surface area contributed by atoms with E-state index in [9.17, 15) is 8.42 Å². The molecule has 5 rings (SSSR count). The molecule has 0 N–H and O–H groups in total. The Labute approximate surface area is 213 Å². The highest BCUT2D eigenvalue weighted by Crippen LogP contribution is 2.70. The maximum atomic E-state index is 12.8. The molecular formula is C27H30O7S2. The number of benzene rings is 3. The first-order valence-corrected chi connectivity index (χ1v) is 15.4. The van der Waals surface area contributed by atoms with Gasteiger partial charge in [-0.05, 0) is 71.7 Å². The highest BCUT2D eigenvalue weighted by Gasteiger charge is 2.37. The molecule has 2 aliphatic rings. The summed E-state index contributed by atoms with van der Waals surface area (Å²) in [5, 5.41) is 0. The summed E-state index contributed by atoms with van der Waals surface area (Å²) >= 11 is 0. The van der Waals surface area contributed by atoms with Crippen molar-refractivity contribution in [1.29, 1.82) is 0 Å². The van der Waals surface area contributed by atoms with E-state index in [0.29, 0.717) is 34.5 Å². The second-order valence-electron chi connectivity index (χ2n) is 8.71. The lowest BCUT2D eigenvalue weighted by atomic mass is 10.3. The van der Waals surface area contributed by atoms with Gasteiger partial charge in [0.25, 0.3) is 10.1 Å². The van der Waals surface area contributed by atoms with Crippen LogP contribution in [0.15, 0.2) is 93.5 Å². The summed E-state index contributed by atoms with van der Waals surface area (Å²) in [4.78, 5) is 2.10. The van der Waals surface area contributed by atoms with Crippen molar-refractivity contribution in [3.05, 3.63) is 78.9 Å². The molecule has 2 heterocycles. The molecule has 2 fully saturated rings. The molecule has 192 valence electrons. The quantitative estimate of drug-likeness (QED) is 0.341. The molecule has 9 heteroatoms. The predicted octanol–water partition coefficient (Wildman–Crippen LogP) is 5.89. The van der Waals surface area contributed by atoms with Crippen LogP contribution >= 0.6 is 10.3 Å². The van der Waals surface area contributed by atoms with Crippen molar-refractivity contribution >= 4 is 20.4 Å². The van der Waals surface area contributed by atoms with Crippen molar-refractivity contribution < 1.29 is 31.0 Å². The molecule has 3 aromatic carbocycles. The minimum Gasteiger partial charge on any atom is -0.465 e. The summed E-state index contributed by atoms with van der Waals surface area (Å²) in [6.07, 6.45) is 3.95. The highest BCUT2D eigenvalue weighted by atomic mass is 32.3. The number of hydrogen-bond acceptors (Lipinski definition) is 7. The van der Waals surface area contributed by atoms with Gasteiger partial charge in [-0.25, -0.2) is 3.63 Å². The standard InChI is InChI=1S/C27H30O7S2/c1-35(28,29)34-36(23-11-3-2-4-12-23,24-13-5-9-21(19-24)32-26-15-7-17-30-26)25-14-6-10-22(20-25)33-27-16-8-18-31-27/h2-6,9-14,19-20,26-27H,7-8,15-18H2,1H3. The topological polar surface area (TPSA) is 80.3 Å². The lowest BCUT2D eigenvalue weighted by Crippen LogP contribution is -2.16. The van der Waals surface area contributed by atoms with Gasteiger partial charge in [0.1, 0.15) is 11.5 Å². The molecule has 0 spiro atoms. The molecule has 0 aliphatic carbocycles. The van der Waals surface area contributed by atoms with E-state index in [4.69, 9.17) is 22.6 Å². The fraction of sp³-hybridized carbons (Fsp3) is 0.333. The van der Waals surface area contributed by atoms with Crippen LogP contribution in [-0.2, 0) is 23.2 Å². The average molecular weight is 531 g/mol. The van der Waals surface area contributed by atoms with E-state index in [2.05, 4.69) is 0 Å². The highest BCUT2D eigenvalue weighted by molar-refractivity contribution is 8.33. The van der Waals surface area contributed by atoms with Crippen molar-refractivity contribution in [2.45, 2.75) is 52.9 Å². The SMILES string of the molecule is CS(=O)(=O)OS(c1ccccc1)(c1cccc(OC2CCCO2)c1)c1cccc(OC2CCCO2)c1. The lowest BCUT2D eigenvalue weighted by molar-refractivity contribution is -0.0394. The Balaban J connectivity index is 1.65. The monoisotopic (exact) mass is 530 g/mol. The van der Waals surface area contributed by atoms with Gasteiger partial charge >= 0.3 is 0 Å². The van der Waals surface area contributed by atoms with E-state index in [1.165, 1.54) is 0 Å². The van der Waals surface area contributed by atoms with E-state index < -0.39 is 20.4 Å². The molecule has 2 saturated heterocycles. The van der Waals surface area contributed by atoms with Gasteiger partial charge in [-0.15, -0.1) is 0 Å². The van der Waals surface area contributed by atoms with Gasteiger partial charge in [0.2, 0.25) is 0 Å². The number of ether oxygens (including phenoxy) is 4. The fourth-order valence-electron chi connectivity index (χ4n) is 4.36. The lowest BCUT2D eigenvalue weighted by Gasteiger charge is -2.39. The molecule has 0 radical (unpaired) electrons. The van der Waals surface area contributed by atoms with Crippen LogP contribution in [0.2, 0.25) is 0 Å². The first-order chi connectivity index (χ1) is 17.4. The largest absolute Gasteiger partial charge is 0.465 e. The predicted molar refractivity (Wildman–Crippen MR) is 137 cm³/mol. The molecule has 2 unspecified atom stereocenters. The average Bonchev–Trinajstić information content (AvgIpc) is 3.58. The molecule has 0 amide bonds. The van der Waals surface area contributed by atoms with E-state index in [-0.39, 0.29) is 12.6 Å². The summed E-state index contributed by atoms with van der Waals surface area (Å²) in [5.41, 5.74) is 0. The van der Waals surface area contributed by atoms with Gasteiger partial charge in [-0.3, -0.25) is 0 Å². The Morgan fingerprint density at radius 2 is 1.19 bits per heavy atom. The van der Waals surface area contributed by atoms with Crippen molar-refractivity contribution in [2.75, 3.05) is 19.5 Å². The van der Waals surface area contributed by atoms with Crippen LogP contribution in [-0.4, -0.2) is 40.5 Å². The Bertz CT molecular complexity index is 1210. The molecular weight excluding hydrogens is 500 g/mol. The van der Waals surface area contributed by atoms with E-state index in [1.807, 2.05) is 78.9 Å². The van der Waals surface area contributed by atoms with E-state index in [0.717, 1.165) is 36.8 Å². The molecule has 3 aromatic rings. The Morgan fingerprint density at radius 3 is 1.64 bits per heavy atom. The first kappa shape index (κ1) is 25.1. The van der Waals surface area contributed by atoms with Crippen LogP contribution in [0, 0.1) is 0 Å². The number of rotatable bonds is 9. The van der Waals surface area contributed by atoms with Crippen molar-refractivity contribution in [3.63, 3.8) is 0 Å². The van der Waals surface area contributed by atoms with Gasteiger partial charge < -0.3 is 18.9 Å². The fourth-order valence-corrected chi connectivity index (χ4v) is 9.25. The number of hydrogen-bond donors (Lipinski definition) is 0. The van der Waals surface area contributed by atoms with Gasteiger partial charge in [0, 0.05) is 27.5 Å². The Morgan fingerprint density at radius 1 is 0.694 bits per heavy atom. The van der Waals surface area contributed by atoms with Crippen LogP contribution in [0.25, 0.3) is 0 Å². The second-order valence-corrected chi connectivity index (χ2v) is 13.2. The molecule has 0 bridgehead atoms. The molecule has 36 heavy (non-hydrogen) atoms. The third-order valence-electron chi connectivity index (χ3n) is 5.89. The molecule has 2 aliphatic heterocycles. The zero-order valence-corrected chi connectivity index (χ0v) is 21.7. The minimum atomic E-state index is -3.89. The summed E-state index contributed by atoms with van der Waals surface area (Å²) in [7, 11) is -6.62. The van der Waals surface area contributed by atoms with Crippen LogP contribution in [0.1, 0.15) is 25.7 Å². The molecule has 0 aromatic heterocycles. The smallest absolute Gasteiger partial charge is 0.274 e. The Hall–Kier alpha value is -2.56. The summed E-state index contributed by atoms with van der Waals surface area (Å²) in [6, 6.07) is 24.3. The van der Waals surface area contributed by atoms with Crippen LogP contribution in [0.3, 0.4) is 0 Å². The molecule has 2 atom stereocenters. The van der Waals surface area contributed by atoms with Gasteiger partial charge in [0.15, 0.2) is 12.6 Å². The van der Waals surface area contributed by atoms with Crippen LogP contribution in [0.5, 0.6) is 11.5 Å². The Kier molecular flexibility index (Phi) is 7.55. The third-order valence-corrected chi connectivity index (χ3v) is 10.5. The zero-order valence-electron chi connectivity index (χ0n) is 20.1. The van der Waals surface area contributed by atoms with Crippen LogP contribution < -0.4 is 9.47 Å². The van der Waals surface area contributed by atoms with E-state index in [1.54, 1.807) is 0 Å². The maximum absolute atomic E-state index is 12.8.